The SMILES string of the molecule is [CH3][Al+2].[O-]Cc1ccccc1-c1ccccc1.[O-]Cc1ccccc1-c1ccccc1. The van der Waals surface area contributed by atoms with E-state index in [0.29, 0.717) is 0 Å². The molecular weight excluding hydrogens is 383 g/mol. The van der Waals surface area contributed by atoms with Gasteiger partial charge >= 0.3 is 22.1 Å². The molecule has 0 atom stereocenters. The van der Waals surface area contributed by atoms with Gasteiger partial charge in [-0.15, -0.1) is 13.2 Å². The molecular formula is C27H25AlO2. The van der Waals surface area contributed by atoms with Gasteiger partial charge in [0, 0.05) is 0 Å². The Balaban J connectivity index is 0.000000197. The summed E-state index contributed by atoms with van der Waals surface area (Å²) in [5.74, 6) is 1.92. The summed E-state index contributed by atoms with van der Waals surface area (Å²) in [6.45, 7) is -0.323. The van der Waals surface area contributed by atoms with Crippen LogP contribution in [0.1, 0.15) is 11.1 Å². The van der Waals surface area contributed by atoms with Crippen molar-refractivity contribution >= 4 is 16.3 Å². The first-order valence-electron chi connectivity index (χ1n) is 9.84. The maximum absolute atomic E-state index is 10.9. The molecule has 148 valence electrons. The third kappa shape index (κ3) is 6.69. The molecule has 0 unspecified atom stereocenters. The Kier molecular flexibility index (Phi) is 10.7. The molecule has 4 rings (SSSR count). The largest absolute Gasteiger partial charge is 0.851 e. The zero-order valence-electron chi connectivity index (χ0n) is 17.2. The summed E-state index contributed by atoms with van der Waals surface area (Å²) in [5.41, 5.74) is 6.03. The number of rotatable bonds is 4. The molecule has 0 heterocycles. The van der Waals surface area contributed by atoms with Crippen LogP contribution in [0.4, 0.5) is 0 Å². The van der Waals surface area contributed by atoms with Crippen LogP contribution in [0, 0.1) is 0 Å². The summed E-state index contributed by atoms with van der Waals surface area (Å²) >= 11 is 2.42. The van der Waals surface area contributed by atoms with Gasteiger partial charge in [-0.2, -0.15) is 0 Å². The molecule has 0 bridgehead atoms. The van der Waals surface area contributed by atoms with Gasteiger partial charge in [-0.1, -0.05) is 120 Å². The molecule has 4 aromatic rings. The Hall–Kier alpha value is -2.67. The number of hydrogen-bond donors (Lipinski definition) is 0. The Labute approximate surface area is 187 Å². The summed E-state index contributed by atoms with van der Waals surface area (Å²) < 4.78 is 0. The average molecular weight is 408 g/mol. The Morgan fingerprint density at radius 1 is 0.467 bits per heavy atom. The van der Waals surface area contributed by atoms with Crippen LogP contribution in [0.3, 0.4) is 0 Å². The van der Waals surface area contributed by atoms with E-state index >= 15 is 0 Å². The van der Waals surface area contributed by atoms with Gasteiger partial charge in [0.15, 0.2) is 0 Å². The minimum absolute atomic E-state index is 0.162. The van der Waals surface area contributed by atoms with Crippen LogP contribution in [0.25, 0.3) is 22.3 Å². The molecule has 0 spiro atoms. The normalized spacial score (nSPS) is 9.63. The third-order valence-corrected chi connectivity index (χ3v) is 4.52. The molecule has 2 nitrogen and oxygen atoms in total. The van der Waals surface area contributed by atoms with Gasteiger partial charge in [0.25, 0.3) is 0 Å². The predicted octanol–water partition coefficient (Wildman–Crippen LogP) is 4.63. The number of hydrogen-bond acceptors (Lipinski definition) is 2. The summed E-state index contributed by atoms with van der Waals surface area (Å²) in [7, 11) is 0. The standard InChI is InChI=1S/2C13H11O.CH3.Al/c2*14-10-12-8-4-5-9-13(12)11-6-2-1-3-7-11;;/h2*1-9H,10H2;1H3;/q2*-1;;+2. The molecule has 4 aromatic carbocycles. The first-order valence-corrected chi connectivity index (χ1v) is 11.0. The van der Waals surface area contributed by atoms with Crippen molar-refractivity contribution in [1.82, 2.24) is 0 Å². The molecule has 0 saturated heterocycles. The van der Waals surface area contributed by atoms with Crippen LogP contribution >= 0.6 is 0 Å². The summed E-state index contributed by atoms with van der Waals surface area (Å²) in [4.78, 5) is 0. The van der Waals surface area contributed by atoms with E-state index in [-0.39, 0.29) is 13.2 Å². The van der Waals surface area contributed by atoms with E-state index in [9.17, 15) is 10.2 Å². The van der Waals surface area contributed by atoms with E-state index in [4.69, 9.17) is 0 Å². The van der Waals surface area contributed by atoms with Crippen LogP contribution in [0.15, 0.2) is 109 Å². The van der Waals surface area contributed by atoms with Crippen LogP contribution in [-0.4, -0.2) is 16.3 Å². The summed E-state index contributed by atoms with van der Waals surface area (Å²) in [6.07, 6.45) is 0. The predicted molar refractivity (Wildman–Crippen MR) is 123 cm³/mol. The van der Waals surface area contributed by atoms with E-state index in [2.05, 4.69) is 16.3 Å². The minimum atomic E-state index is -0.162. The molecule has 0 N–H and O–H groups in total. The summed E-state index contributed by atoms with van der Waals surface area (Å²) in [6, 6.07) is 35.4. The molecule has 0 radical (unpaired) electrons. The van der Waals surface area contributed by atoms with Crippen LogP contribution < -0.4 is 10.2 Å². The van der Waals surface area contributed by atoms with E-state index in [0.717, 1.165) is 33.4 Å². The van der Waals surface area contributed by atoms with Crippen molar-refractivity contribution in [3.8, 4) is 22.3 Å². The van der Waals surface area contributed by atoms with Gasteiger partial charge < -0.3 is 10.2 Å². The van der Waals surface area contributed by atoms with Crippen molar-refractivity contribution in [3.63, 3.8) is 0 Å². The molecule has 0 fully saturated rings. The van der Waals surface area contributed by atoms with E-state index in [1.165, 1.54) is 0 Å². The fourth-order valence-corrected chi connectivity index (χ4v) is 3.09. The molecule has 0 aliphatic heterocycles. The first kappa shape index (κ1) is 23.6. The van der Waals surface area contributed by atoms with Crippen molar-refractivity contribution in [1.29, 1.82) is 0 Å². The Morgan fingerprint density at radius 3 is 1.10 bits per heavy atom. The van der Waals surface area contributed by atoms with Crippen molar-refractivity contribution in [2.75, 3.05) is 0 Å². The molecule has 0 aliphatic carbocycles. The van der Waals surface area contributed by atoms with E-state index in [1.54, 1.807) is 0 Å². The van der Waals surface area contributed by atoms with Gasteiger partial charge in [0.05, 0.1) is 0 Å². The van der Waals surface area contributed by atoms with Crippen LogP contribution in [0.5, 0.6) is 0 Å². The maximum atomic E-state index is 10.9. The van der Waals surface area contributed by atoms with E-state index in [1.807, 2.05) is 115 Å². The van der Waals surface area contributed by atoms with Gasteiger partial charge in [0.1, 0.15) is 0 Å². The van der Waals surface area contributed by atoms with Crippen LogP contribution in [0.2, 0.25) is 5.79 Å². The zero-order chi connectivity index (χ0) is 21.6. The Morgan fingerprint density at radius 2 is 0.767 bits per heavy atom. The van der Waals surface area contributed by atoms with Crippen molar-refractivity contribution < 1.29 is 10.2 Å². The van der Waals surface area contributed by atoms with Gasteiger partial charge in [-0.3, -0.25) is 0 Å². The molecule has 3 heteroatoms. The van der Waals surface area contributed by atoms with Crippen LogP contribution in [-0.2, 0) is 13.2 Å². The molecule has 0 aliphatic rings. The fourth-order valence-electron chi connectivity index (χ4n) is 3.09. The topological polar surface area (TPSA) is 46.1 Å². The molecule has 0 amide bonds. The second-order valence-corrected chi connectivity index (χ2v) is 6.34. The fraction of sp³-hybridized carbons (Fsp3) is 0.111. The van der Waals surface area contributed by atoms with E-state index < -0.39 is 0 Å². The monoisotopic (exact) mass is 408 g/mol. The maximum Gasteiger partial charge on any atom is -0.0166 e. The van der Waals surface area contributed by atoms with Gasteiger partial charge in [-0.05, 0) is 22.3 Å². The quantitative estimate of drug-likeness (QED) is 0.462. The van der Waals surface area contributed by atoms with Crippen molar-refractivity contribution in [3.05, 3.63) is 120 Å². The van der Waals surface area contributed by atoms with Crippen molar-refractivity contribution in [2.24, 2.45) is 0 Å². The van der Waals surface area contributed by atoms with Gasteiger partial charge in [0.2, 0.25) is 0 Å². The molecule has 30 heavy (non-hydrogen) atoms. The smallest absolute Gasteiger partial charge is 0.0166 e. The summed E-state index contributed by atoms with van der Waals surface area (Å²) in [5, 5.41) is 21.9. The van der Waals surface area contributed by atoms with Crippen molar-refractivity contribution in [2.45, 2.75) is 19.0 Å². The zero-order valence-corrected chi connectivity index (χ0v) is 18.4. The number of benzene rings is 4. The third-order valence-electron chi connectivity index (χ3n) is 4.52. The average Bonchev–Trinajstić information content (AvgIpc) is 2.86. The van der Waals surface area contributed by atoms with Gasteiger partial charge in [-0.25, -0.2) is 0 Å². The minimum Gasteiger partial charge on any atom is -0.851 e. The first-order chi connectivity index (χ1) is 14.8. The molecule has 0 aromatic heterocycles. The Bertz CT molecular complexity index is 903. The second-order valence-electron chi connectivity index (χ2n) is 6.34. The molecule has 0 saturated carbocycles. The second kappa shape index (κ2) is 13.5.